The van der Waals surface area contributed by atoms with E-state index in [0.717, 1.165) is 18.2 Å². The molecule has 15 heavy (non-hydrogen) atoms. The summed E-state index contributed by atoms with van der Waals surface area (Å²) >= 11 is 0. The fourth-order valence-electron chi connectivity index (χ4n) is 1.75. The van der Waals surface area contributed by atoms with Crippen molar-refractivity contribution in [2.45, 2.75) is 38.6 Å². The van der Waals surface area contributed by atoms with E-state index in [1.54, 1.807) is 12.4 Å². The summed E-state index contributed by atoms with van der Waals surface area (Å²) in [5.74, 6) is 1.04. The maximum atomic E-state index is 4.28. The van der Waals surface area contributed by atoms with Crippen molar-refractivity contribution in [1.82, 2.24) is 15.3 Å². The number of rotatable bonds is 6. The molecule has 2 rings (SSSR count). The second-order valence-corrected chi connectivity index (χ2v) is 4.39. The molecule has 1 saturated carbocycles. The minimum atomic E-state index is 0.318. The predicted octanol–water partition coefficient (Wildman–Crippen LogP) is 2.32. The minimum Gasteiger partial charge on any atom is -0.309 e. The average molecular weight is 205 g/mol. The van der Waals surface area contributed by atoms with Gasteiger partial charge in [0.2, 0.25) is 0 Å². The minimum absolute atomic E-state index is 0.318. The Bertz CT molecular complexity index is 282. The molecular formula is C12H19N3. The van der Waals surface area contributed by atoms with Gasteiger partial charge >= 0.3 is 0 Å². The Balaban J connectivity index is 1.65. The largest absolute Gasteiger partial charge is 0.309 e. The molecule has 1 unspecified atom stereocenters. The van der Waals surface area contributed by atoms with Crippen LogP contribution in [0.4, 0.5) is 0 Å². The van der Waals surface area contributed by atoms with Gasteiger partial charge in [-0.25, -0.2) is 0 Å². The zero-order valence-electron chi connectivity index (χ0n) is 9.32. The van der Waals surface area contributed by atoms with Gasteiger partial charge in [-0.3, -0.25) is 9.97 Å². The molecule has 0 bridgehead atoms. The standard InChI is InChI=1S/C12H19N3/c1-10(12-9-13-7-8-15-12)14-6-2-3-11-4-5-11/h7-11,14H,2-6H2,1H3. The molecule has 1 fully saturated rings. The van der Waals surface area contributed by atoms with E-state index in [1.807, 2.05) is 6.20 Å². The van der Waals surface area contributed by atoms with E-state index in [2.05, 4.69) is 22.2 Å². The van der Waals surface area contributed by atoms with Crippen LogP contribution >= 0.6 is 0 Å². The zero-order chi connectivity index (χ0) is 10.5. The van der Waals surface area contributed by atoms with Crippen LogP contribution in [0, 0.1) is 5.92 Å². The number of nitrogens with one attached hydrogen (secondary N) is 1. The van der Waals surface area contributed by atoms with E-state index in [0.29, 0.717) is 6.04 Å². The van der Waals surface area contributed by atoms with Crippen molar-refractivity contribution in [2.75, 3.05) is 6.54 Å². The SMILES string of the molecule is CC(NCCCC1CC1)c1cnccn1. The molecule has 1 atom stereocenters. The average Bonchev–Trinajstić information content (AvgIpc) is 3.09. The normalized spacial score (nSPS) is 17.7. The van der Waals surface area contributed by atoms with Gasteiger partial charge in [0.1, 0.15) is 0 Å². The van der Waals surface area contributed by atoms with Crippen molar-refractivity contribution in [3.63, 3.8) is 0 Å². The van der Waals surface area contributed by atoms with E-state index in [9.17, 15) is 0 Å². The van der Waals surface area contributed by atoms with Gasteiger partial charge in [0, 0.05) is 24.6 Å². The van der Waals surface area contributed by atoms with E-state index < -0.39 is 0 Å². The molecule has 3 nitrogen and oxygen atoms in total. The lowest BCUT2D eigenvalue weighted by Crippen LogP contribution is -2.20. The fourth-order valence-corrected chi connectivity index (χ4v) is 1.75. The second-order valence-electron chi connectivity index (χ2n) is 4.39. The lowest BCUT2D eigenvalue weighted by atomic mass is 10.2. The Labute approximate surface area is 91.3 Å². The maximum Gasteiger partial charge on any atom is 0.0753 e. The third-order valence-electron chi connectivity index (χ3n) is 2.96. The predicted molar refractivity (Wildman–Crippen MR) is 60.4 cm³/mol. The maximum absolute atomic E-state index is 4.28. The van der Waals surface area contributed by atoms with Crippen LogP contribution in [-0.2, 0) is 0 Å². The van der Waals surface area contributed by atoms with Crippen molar-refractivity contribution in [1.29, 1.82) is 0 Å². The Morgan fingerprint density at radius 3 is 3.00 bits per heavy atom. The van der Waals surface area contributed by atoms with Crippen LogP contribution in [0.2, 0.25) is 0 Å². The Hall–Kier alpha value is -0.960. The first-order valence-corrected chi connectivity index (χ1v) is 5.85. The summed E-state index contributed by atoms with van der Waals surface area (Å²) < 4.78 is 0. The molecule has 0 saturated heterocycles. The summed E-state index contributed by atoms with van der Waals surface area (Å²) in [6.07, 6.45) is 10.9. The molecule has 1 aromatic heterocycles. The first-order chi connectivity index (χ1) is 7.36. The number of aromatic nitrogens is 2. The second kappa shape index (κ2) is 5.21. The van der Waals surface area contributed by atoms with Gasteiger partial charge < -0.3 is 5.32 Å². The molecule has 1 heterocycles. The van der Waals surface area contributed by atoms with Crippen molar-refractivity contribution in [3.05, 3.63) is 24.3 Å². The lowest BCUT2D eigenvalue weighted by Gasteiger charge is -2.12. The highest BCUT2D eigenvalue weighted by atomic mass is 14.9. The molecule has 0 radical (unpaired) electrons. The summed E-state index contributed by atoms with van der Waals surface area (Å²) in [6.45, 7) is 3.23. The van der Waals surface area contributed by atoms with Crippen molar-refractivity contribution < 1.29 is 0 Å². The lowest BCUT2D eigenvalue weighted by molar-refractivity contribution is 0.524. The van der Waals surface area contributed by atoms with Crippen LogP contribution in [0.3, 0.4) is 0 Å². The zero-order valence-corrected chi connectivity index (χ0v) is 9.32. The molecule has 1 aliphatic rings. The Morgan fingerprint density at radius 1 is 1.47 bits per heavy atom. The van der Waals surface area contributed by atoms with Crippen LogP contribution in [0.25, 0.3) is 0 Å². The molecule has 0 spiro atoms. The van der Waals surface area contributed by atoms with E-state index in [-0.39, 0.29) is 0 Å². The number of hydrogen-bond donors (Lipinski definition) is 1. The van der Waals surface area contributed by atoms with Crippen LogP contribution in [-0.4, -0.2) is 16.5 Å². The summed E-state index contributed by atoms with van der Waals surface area (Å²) in [5, 5.41) is 3.48. The van der Waals surface area contributed by atoms with Gasteiger partial charge in [0.15, 0.2) is 0 Å². The summed E-state index contributed by atoms with van der Waals surface area (Å²) in [4.78, 5) is 8.35. The highest BCUT2D eigenvalue weighted by Crippen LogP contribution is 2.33. The number of nitrogens with zero attached hydrogens (tertiary/aromatic N) is 2. The van der Waals surface area contributed by atoms with Crippen molar-refractivity contribution in [2.24, 2.45) is 5.92 Å². The summed E-state index contributed by atoms with van der Waals surface area (Å²) in [6, 6.07) is 0.318. The topological polar surface area (TPSA) is 37.8 Å². The molecule has 1 aromatic rings. The molecule has 0 amide bonds. The van der Waals surface area contributed by atoms with Crippen LogP contribution in [0.15, 0.2) is 18.6 Å². The van der Waals surface area contributed by atoms with E-state index >= 15 is 0 Å². The van der Waals surface area contributed by atoms with E-state index in [1.165, 1.54) is 25.7 Å². The molecule has 3 heteroatoms. The van der Waals surface area contributed by atoms with Crippen molar-refractivity contribution >= 4 is 0 Å². The van der Waals surface area contributed by atoms with E-state index in [4.69, 9.17) is 0 Å². The third kappa shape index (κ3) is 3.59. The van der Waals surface area contributed by atoms with Gasteiger partial charge in [-0.1, -0.05) is 12.8 Å². The summed E-state index contributed by atoms with van der Waals surface area (Å²) in [7, 11) is 0. The molecule has 1 aliphatic carbocycles. The first kappa shape index (κ1) is 10.6. The van der Waals surface area contributed by atoms with Crippen molar-refractivity contribution in [3.8, 4) is 0 Å². The fraction of sp³-hybridized carbons (Fsp3) is 0.667. The van der Waals surface area contributed by atoms with Crippen LogP contribution < -0.4 is 5.32 Å². The first-order valence-electron chi connectivity index (χ1n) is 5.85. The highest BCUT2D eigenvalue weighted by molar-refractivity contribution is 5.00. The van der Waals surface area contributed by atoms with Crippen LogP contribution in [0.1, 0.15) is 44.3 Å². The highest BCUT2D eigenvalue weighted by Gasteiger charge is 2.20. The van der Waals surface area contributed by atoms with Gasteiger partial charge in [-0.05, 0) is 32.2 Å². The van der Waals surface area contributed by atoms with Gasteiger partial charge in [-0.15, -0.1) is 0 Å². The molecule has 1 N–H and O–H groups in total. The number of hydrogen-bond acceptors (Lipinski definition) is 3. The Kier molecular flexibility index (Phi) is 3.67. The van der Waals surface area contributed by atoms with Crippen LogP contribution in [0.5, 0.6) is 0 Å². The monoisotopic (exact) mass is 205 g/mol. The third-order valence-corrected chi connectivity index (χ3v) is 2.96. The molecule has 82 valence electrons. The van der Waals surface area contributed by atoms with Gasteiger partial charge in [-0.2, -0.15) is 0 Å². The van der Waals surface area contributed by atoms with Gasteiger partial charge in [0.25, 0.3) is 0 Å². The molecular weight excluding hydrogens is 186 g/mol. The summed E-state index contributed by atoms with van der Waals surface area (Å²) in [5.41, 5.74) is 1.03. The Morgan fingerprint density at radius 2 is 2.33 bits per heavy atom. The molecule has 0 aromatic carbocycles. The van der Waals surface area contributed by atoms with Gasteiger partial charge in [0.05, 0.1) is 5.69 Å². The quantitative estimate of drug-likeness (QED) is 0.724. The molecule has 0 aliphatic heterocycles. The smallest absolute Gasteiger partial charge is 0.0753 e.